The summed E-state index contributed by atoms with van der Waals surface area (Å²) in [4.78, 5) is 16.6. The molecule has 0 aliphatic heterocycles. The molecule has 0 fully saturated rings. The first-order chi connectivity index (χ1) is 6.72. The summed E-state index contributed by atoms with van der Waals surface area (Å²) >= 11 is 0. The number of rotatable bonds is 5. The van der Waals surface area contributed by atoms with Crippen molar-refractivity contribution in [2.24, 2.45) is 5.92 Å². The van der Waals surface area contributed by atoms with Gasteiger partial charge in [-0.3, -0.25) is 9.63 Å². The first-order valence-electron chi connectivity index (χ1n) is 5.42. The van der Waals surface area contributed by atoms with E-state index in [1.54, 1.807) is 0 Å². The molecule has 0 aromatic heterocycles. The van der Waals surface area contributed by atoms with Crippen LogP contribution in [0.15, 0.2) is 0 Å². The molecule has 0 saturated carbocycles. The van der Waals surface area contributed by atoms with E-state index in [1.807, 2.05) is 27.7 Å². The lowest BCUT2D eigenvalue weighted by Gasteiger charge is -2.21. The Labute approximate surface area is 92.7 Å². The Morgan fingerprint density at radius 1 is 1.27 bits per heavy atom. The molecule has 0 rings (SSSR count). The van der Waals surface area contributed by atoms with Crippen molar-refractivity contribution in [2.75, 3.05) is 6.54 Å². The van der Waals surface area contributed by atoms with Crippen LogP contribution in [-0.4, -0.2) is 24.1 Å². The summed E-state index contributed by atoms with van der Waals surface area (Å²) < 4.78 is 0. The van der Waals surface area contributed by atoms with Crippen LogP contribution in [0, 0.1) is 5.92 Å². The number of hydroxylamine groups is 1. The van der Waals surface area contributed by atoms with Crippen molar-refractivity contribution in [3.63, 3.8) is 0 Å². The topological polar surface area (TPSA) is 50.4 Å². The lowest BCUT2D eigenvalue weighted by molar-refractivity contribution is -0.127. The molecule has 0 saturated heterocycles. The largest absolute Gasteiger partial charge is 0.352 e. The van der Waals surface area contributed by atoms with Gasteiger partial charge in [-0.05, 0) is 33.6 Å². The van der Waals surface area contributed by atoms with E-state index >= 15 is 0 Å². The van der Waals surface area contributed by atoms with Crippen LogP contribution in [0.5, 0.6) is 0 Å². The SMILES string of the molecule is CC(C)C(C)NC(=O)CNOC(C)(C)C. The van der Waals surface area contributed by atoms with Crippen molar-refractivity contribution in [1.82, 2.24) is 10.8 Å². The molecule has 15 heavy (non-hydrogen) atoms. The van der Waals surface area contributed by atoms with Gasteiger partial charge in [0.05, 0.1) is 12.1 Å². The number of amides is 1. The van der Waals surface area contributed by atoms with E-state index in [1.165, 1.54) is 0 Å². The normalized spacial score (nSPS) is 14.1. The number of carbonyl (C=O) groups is 1. The smallest absolute Gasteiger partial charge is 0.236 e. The summed E-state index contributed by atoms with van der Waals surface area (Å²) in [5.74, 6) is 0.401. The van der Waals surface area contributed by atoms with E-state index in [2.05, 4.69) is 24.6 Å². The van der Waals surface area contributed by atoms with Crippen molar-refractivity contribution in [3.8, 4) is 0 Å². The van der Waals surface area contributed by atoms with Crippen molar-refractivity contribution in [1.29, 1.82) is 0 Å². The number of hydrogen-bond donors (Lipinski definition) is 2. The quantitative estimate of drug-likeness (QED) is 0.684. The second-order valence-corrected chi connectivity index (χ2v) is 5.14. The molecule has 0 aliphatic carbocycles. The van der Waals surface area contributed by atoms with Gasteiger partial charge in [-0.15, -0.1) is 0 Å². The molecular weight excluding hydrogens is 192 g/mol. The number of nitrogens with one attached hydrogen (secondary N) is 2. The molecule has 0 bridgehead atoms. The van der Waals surface area contributed by atoms with E-state index < -0.39 is 0 Å². The van der Waals surface area contributed by atoms with Crippen LogP contribution in [-0.2, 0) is 9.63 Å². The highest BCUT2D eigenvalue weighted by Gasteiger charge is 2.13. The summed E-state index contributed by atoms with van der Waals surface area (Å²) in [6.45, 7) is 12.1. The molecule has 0 aromatic carbocycles. The standard InChI is InChI=1S/C11H24N2O2/c1-8(2)9(3)13-10(14)7-12-15-11(4,5)6/h8-9,12H,7H2,1-6H3,(H,13,14). The first-order valence-corrected chi connectivity index (χ1v) is 5.42. The molecular formula is C11H24N2O2. The highest BCUT2D eigenvalue weighted by molar-refractivity contribution is 5.78. The van der Waals surface area contributed by atoms with Gasteiger partial charge >= 0.3 is 0 Å². The number of carbonyl (C=O) groups excluding carboxylic acids is 1. The Bertz CT molecular complexity index is 197. The van der Waals surface area contributed by atoms with Crippen molar-refractivity contribution in [2.45, 2.75) is 53.2 Å². The summed E-state index contributed by atoms with van der Waals surface area (Å²) in [6.07, 6.45) is 0. The van der Waals surface area contributed by atoms with E-state index in [0.717, 1.165) is 0 Å². The predicted octanol–water partition coefficient (Wildman–Crippen LogP) is 1.47. The summed E-state index contributed by atoms with van der Waals surface area (Å²) in [6, 6.07) is 0.189. The molecule has 0 aliphatic rings. The molecule has 4 heteroatoms. The molecule has 4 nitrogen and oxygen atoms in total. The minimum Gasteiger partial charge on any atom is -0.352 e. The van der Waals surface area contributed by atoms with Gasteiger partial charge < -0.3 is 5.32 Å². The lowest BCUT2D eigenvalue weighted by atomic mass is 10.1. The van der Waals surface area contributed by atoms with Gasteiger partial charge in [0.2, 0.25) is 5.91 Å². The fourth-order valence-corrected chi connectivity index (χ4v) is 0.790. The van der Waals surface area contributed by atoms with Crippen LogP contribution < -0.4 is 10.8 Å². The van der Waals surface area contributed by atoms with Crippen LogP contribution in [0.25, 0.3) is 0 Å². The molecule has 1 unspecified atom stereocenters. The second-order valence-electron chi connectivity index (χ2n) is 5.14. The van der Waals surface area contributed by atoms with E-state index in [-0.39, 0.29) is 24.1 Å². The zero-order valence-corrected chi connectivity index (χ0v) is 10.7. The first kappa shape index (κ1) is 14.4. The third-order valence-corrected chi connectivity index (χ3v) is 2.00. The molecule has 0 spiro atoms. The molecule has 0 aromatic rings. The summed E-state index contributed by atoms with van der Waals surface area (Å²) in [7, 11) is 0. The van der Waals surface area contributed by atoms with Crippen molar-refractivity contribution in [3.05, 3.63) is 0 Å². The minimum atomic E-state index is -0.274. The van der Waals surface area contributed by atoms with Gasteiger partial charge in [0.15, 0.2) is 0 Å². The fourth-order valence-electron chi connectivity index (χ4n) is 0.790. The molecule has 0 radical (unpaired) electrons. The summed E-state index contributed by atoms with van der Waals surface area (Å²) in [5.41, 5.74) is 2.38. The van der Waals surface area contributed by atoms with Gasteiger partial charge in [-0.25, -0.2) is 0 Å². The summed E-state index contributed by atoms with van der Waals surface area (Å²) in [5, 5.41) is 2.88. The van der Waals surface area contributed by atoms with Crippen LogP contribution in [0.2, 0.25) is 0 Å². The van der Waals surface area contributed by atoms with E-state index in [0.29, 0.717) is 5.92 Å². The van der Waals surface area contributed by atoms with Crippen molar-refractivity contribution >= 4 is 5.91 Å². The maximum Gasteiger partial charge on any atom is 0.236 e. The van der Waals surface area contributed by atoms with E-state index in [4.69, 9.17) is 4.84 Å². The zero-order chi connectivity index (χ0) is 12.1. The van der Waals surface area contributed by atoms with E-state index in [9.17, 15) is 4.79 Å². The van der Waals surface area contributed by atoms with Crippen molar-refractivity contribution < 1.29 is 9.63 Å². The maximum atomic E-state index is 11.4. The lowest BCUT2D eigenvalue weighted by Crippen LogP contribution is -2.42. The predicted molar refractivity (Wildman–Crippen MR) is 61.3 cm³/mol. The van der Waals surface area contributed by atoms with Gasteiger partial charge in [-0.2, -0.15) is 5.48 Å². The third-order valence-electron chi connectivity index (χ3n) is 2.00. The average Bonchev–Trinajstić information content (AvgIpc) is 2.01. The van der Waals surface area contributed by atoms with Gasteiger partial charge in [0, 0.05) is 6.04 Å². The Morgan fingerprint density at radius 2 is 1.80 bits per heavy atom. The fraction of sp³-hybridized carbons (Fsp3) is 0.909. The Morgan fingerprint density at radius 3 is 2.20 bits per heavy atom. The minimum absolute atomic E-state index is 0.0412. The molecule has 0 heterocycles. The molecule has 1 amide bonds. The Hall–Kier alpha value is -0.610. The third kappa shape index (κ3) is 8.39. The highest BCUT2D eigenvalue weighted by Crippen LogP contribution is 2.03. The van der Waals surface area contributed by atoms with Crippen LogP contribution in [0.4, 0.5) is 0 Å². The molecule has 2 N–H and O–H groups in total. The van der Waals surface area contributed by atoms with Gasteiger partial charge in [0.25, 0.3) is 0 Å². The Kier molecular flexibility index (Phi) is 5.83. The second kappa shape index (κ2) is 6.08. The average molecular weight is 216 g/mol. The Balaban J connectivity index is 3.67. The van der Waals surface area contributed by atoms with Gasteiger partial charge in [0.1, 0.15) is 0 Å². The van der Waals surface area contributed by atoms with Gasteiger partial charge in [-0.1, -0.05) is 13.8 Å². The van der Waals surface area contributed by atoms with Crippen LogP contribution >= 0.6 is 0 Å². The highest BCUT2D eigenvalue weighted by atomic mass is 16.7. The zero-order valence-electron chi connectivity index (χ0n) is 10.7. The van der Waals surface area contributed by atoms with Crippen LogP contribution in [0.1, 0.15) is 41.5 Å². The molecule has 1 atom stereocenters. The maximum absolute atomic E-state index is 11.4. The number of hydrogen-bond acceptors (Lipinski definition) is 3. The van der Waals surface area contributed by atoms with Crippen LogP contribution in [0.3, 0.4) is 0 Å². The molecule has 90 valence electrons. The monoisotopic (exact) mass is 216 g/mol.